The Bertz CT molecular complexity index is 990. The summed E-state index contributed by atoms with van der Waals surface area (Å²) < 4.78 is 10.9. The molecule has 1 fully saturated rings. The number of methoxy groups -OCH3 is 2. The first kappa shape index (κ1) is 19.3. The Labute approximate surface area is 171 Å². The van der Waals surface area contributed by atoms with Gasteiger partial charge in [-0.1, -0.05) is 12.1 Å². The van der Waals surface area contributed by atoms with Crippen molar-refractivity contribution in [3.05, 3.63) is 48.3 Å². The number of aromatic nitrogens is 2. The molecular weight excluding hydrogens is 366 g/mol. The minimum atomic E-state index is 0.241. The highest BCUT2D eigenvalue weighted by Gasteiger charge is 2.24. The average molecular weight is 393 g/mol. The van der Waals surface area contributed by atoms with Gasteiger partial charge in [-0.15, -0.1) is 0 Å². The Morgan fingerprint density at radius 2 is 1.76 bits per heavy atom. The molecule has 1 saturated heterocycles. The van der Waals surface area contributed by atoms with E-state index < -0.39 is 0 Å². The van der Waals surface area contributed by atoms with Crippen molar-refractivity contribution in [3.8, 4) is 11.5 Å². The zero-order chi connectivity index (χ0) is 20.4. The quantitative estimate of drug-likeness (QED) is 0.715. The predicted molar refractivity (Wildman–Crippen MR) is 116 cm³/mol. The van der Waals surface area contributed by atoms with Gasteiger partial charge in [-0.25, -0.2) is 9.97 Å². The molecule has 2 aromatic carbocycles. The lowest BCUT2D eigenvalue weighted by Crippen LogP contribution is -2.46. The van der Waals surface area contributed by atoms with Gasteiger partial charge in [-0.05, 0) is 23.8 Å². The van der Waals surface area contributed by atoms with Crippen molar-refractivity contribution in [3.63, 3.8) is 0 Å². The maximum atomic E-state index is 5.49. The summed E-state index contributed by atoms with van der Waals surface area (Å²) in [5.41, 5.74) is 3.32. The molecule has 152 valence electrons. The number of benzene rings is 2. The summed E-state index contributed by atoms with van der Waals surface area (Å²) in [6.45, 7) is 2.60. The molecule has 0 aliphatic carbocycles. The van der Waals surface area contributed by atoms with Gasteiger partial charge in [-0.2, -0.15) is 0 Å². The summed E-state index contributed by atoms with van der Waals surface area (Å²) in [6, 6.07) is 12.8. The second-order valence-electron chi connectivity index (χ2n) is 7.36. The lowest BCUT2D eigenvalue weighted by molar-refractivity contribution is 0.355. The molecule has 0 saturated carbocycles. The molecule has 29 heavy (non-hydrogen) atoms. The number of rotatable bonds is 5. The topological polar surface area (TPSA) is 62.8 Å². The van der Waals surface area contributed by atoms with E-state index >= 15 is 0 Å². The summed E-state index contributed by atoms with van der Waals surface area (Å²) in [5.74, 6) is 2.28. The standard InChI is InChI=1S/C22H27N5O2/c1-26(2)16-7-5-15(6-8-16)19-13-27(10-9-23-19)22-17-11-20(28-3)21(29-4)12-18(17)24-14-25-22/h5-8,11-12,14,19,23H,9-10,13H2,1-4H3. The lowest BCUT2D eigenvalue weighted by Gasteiger charge is -2.35. The van der Waals surface area contributed by atoms with E-state index in [4.69, 9.17) is 9.47 Å². The van der Waals surface area contributed by atoms with Crippen LogP contribution in [0.4, 0.5) is 11.5 Å². The highest BCUT2D eigenvalue weighted by Crippen LogP contribution is 2.35. The predicted octanol–water partition coefficient (Wildman–Crippen LogP) is 2.86. The third-order valence-electron chi connectivity index (χ3n) is 5.41. The Kier molecular flexibility index (Phi) is 5.40. The molecule has 0 radical (unpaired) electrons. The van der Waals surface area contributed by atoms with Gasteiger partial charge in [0.1, 0.15) is 12.1 Å². The first-order chi connectivity index (χ1) is 14.1. The van der Waals surface area contributed by atoms with Crippen molar-refractivity contribution in [2.75, 3.05) is 57.7 Å². The summed E-state index contributed by atoms with van der Waals surface area (Å²) in [7, 11) is 7.39. The van der Waals surface area contributed by atoms with E-state index in [2.05, 4.69) is 63.4 Å². The van der Waals surface area contributed by atoms with Crippen molar-refractivity contribution < 1.29 is 9.47 Å². The molecule has 1 N–H and O–H groups in total. The molecule has 1 aliphatic rings. The zero-order valence-corrected chi connectivity index (χ0v) is 17.3. The van der Waals surface area contributed by atoms with E-state index in [1.807, 2.05) is 12.1 Å². The largest absolute Gasteiger partial charge is 0.493 e. The van der Waals surface area contributed by atoms with Crippen LogP contribution in [-0.4, -0.2) is 57.9 Å². The summed E-state index contributed by atoms with van der Waals surface area (Å²) in [5, 5.41) is 4.60. The van der Waals surface area contributed by atoms with Gasteiger partial charge in [0.15, 0.2) is 11.5 Å². The van der Waals surface area contributed by atoms with Crippen LogP contribution in [0, 0.1) is 0 Å². The molecular formula is C22H27N5O2. The average Bonchev–Trinajstić information content (AvgIpc) is 2.77. The van der Waals surface area contributed by atoms with Crippen molar-refractivity contribution in [1.29, 1.82) is 0 Å². The third-order valence-corrected chi connectivity index (χ3v) is 5.41. The summed E-state index contributed by atoms with van der Waals surface area (Å²) in [4.78, 5) is 13.5. The van der Waals surface area contributed by atoms with Crippen LogP contribution in [0.5, 0.6) is 11.5 Å². The number of nitrogens with zero attached hydrogens (tertiary/aromatic N) is 4. The molecule has 3 aromatic rings. The van der Waals surface area contributed by atoms with E-state index in [0.29, 0.717) is 11.5 Å². The summed E-state index contributed by atoms with van der Waals surface area (Å²) in [6.07, 6.45) is 1.62. The maximum Gasteiger partial charge on any atom is 0.162 e. The van der Waals surface area contributed by atoms with Gasteiger partial charge >= 0.3 is 0 Å². The van der Waals surface area contributed by atoms with Crippen molar-refractivity contribution in [1.82, 2.24) is 15.3 Å². The van der Waals surface area contributed by atoms with Gasteiger partial charge < -0.3 is 24.6 Å². The third kappa shape index (κ3) is 3.78. The number of ether oxygens (including phenoxy) is 2. The second kappa shape index (κ2) is 8.13. The molecule has 7 nitrogen and oxygen atoms in total. The van der Waals surface area contributed by atoms with Gasteiger partial charge in [0.05, 0.1) is 19.7 Å². The van der Waals surface area contributed by atoms with Gasteiger partial charge in [-0.3, -0.25) is 0 Å². The molecule has 1 aromatic heterocycles. The number of nitrogens with one attached hydrogen (secondary N) is 1. The van der Waals surface area contributed by atoms with E-state index in [9.17, 15) is 0 Å². The van der Waals surface area contributed by atoms with Gasteiger partial charge in [0.25, 0.3) is 0 Å². The molecule has 0 bridgehead atoms. The molecule has 4 rings (SSSR count). The first-order valence-electron chi connectivity index (χ1n) is 9.73. The van der Waals surface area contributed by atoms with Crippen LogP contribution in [-0.2, 0) is 0 Å². The van der Waals surface area contributed by atoms with Crippen LogP contribution < -0.4 is 24.6 Å². The Balaban J connectivity index is 1.65. The monoisotopic (exact) mass is 393 g/mol. The van der Waals surface area contributed by atoms with Crippen LogP contribution in [0.25, 0.3) is 10.9 Å². The number of piperazine rings is 1. The fraction of sp³-hybridized carbons (Fsp3) is 0.364. The van der Waals surface area contributed by atoms with E-state index in [0.717, 1.165) is 36.4 Å². The van der Waals surface area contributed by atoms with E-state index in [-0.39, 0.29) is 6.04 Å². The zero-order valence-electron chi connectivity index (χ0n) is 17.3. The fourth-order valence-electron chi connectivity index (χ4n) is 3.79. The number of fused-ring (bicyclic) bond motifs is 1. The normalized spacial score (nSPS) is 16.7. The van der Waals surface area contributed by atoms with Crippen LogP contribution in [0.2, 0.25) is 0 Å². The Morgan fingerprint density at radius 3 is 2.45 bits per heavy atom. The van der Waals surface area contributed by atoms with Crippen LogP contribution in [0.3, 0.4) is 0 Å². The highest BCUT2D eigenvalue weighted by atomic mass is 16.5. The van der Waals surface area contributed by atoms with Crippen molar-refractivity contribution in [2.45, 2.75) is 6.04 Å². The van der Waals surface area contributed by atoms with Crippen molar-refractivity contribution >= 4 is 22.4 Å². The summed E-state index contributed by atoms with van der Waals surface area (Å²) >= 11 is 0. The molecule has 1 aliphatic heterocycles. The minimum Gasteiger partial charge on any atom is -0.493 e. The number of anilines is 2. The molecule has 1 unspecified atom stereocenters. The number of hydrogen-bond acceptors (Lipinski definition) is 7. The Morgan fingerprint density at radius 1 is 1.03 bits per heavy atom. The molecule has 7 heteroatoms. The molecule has 1 atom stereocenters. The van der Waals surface area contributed by atoms with E-state index in [1.165, 1.54) is 11.3 Å². The van der Waals surface area contributed by atoms with Crippen LogP contribution >= 0.6 is 0 Å². The van der Waals surface area contributed by atoms with Crippen LogP contribution in [0.15, 0.2) is 42.7 Å². The molecule has 0 amide bonds. The maximum absolute atomic E-state index is 5.49. The second-order valence-corrected chi connectivity index (χ2v) is 7.36. The fourth-order valence-corrected chi connectivity index (χ4v) is 3.79. The smallest absolute Gasteiger partial charge is 0.162 e. The van der Waals surface area contributed by atoms with Gasteiger partial charge in [0.2, 0.25) is 0 Å². The van der Waals surface area contributed by atoms with E-state index in [1.54, 1.807) is 20.5 Å². The molecule has 2 heterocycles. The SMILES string of the molecule is COc1cc2ncnc(N3CCNC(c4ccc(N(C)C)cc4)C3)c2cc1OC. The Hall–Kier alpha value is -3.06. The molecule has 0 spiro atoms. The van der Waals surface area contributed by atoms with Crippen LogP contribution in [0.1, 0.15) is 11.6 Å². The number of hydrogen-bond donors (Lipinski definition) is 1. The minimum absolute atomic E-state index is 0.241. The lowest BCUT2D eigenvalue weighted by atomic mass is 10.0. The van der Waals surface area contributed by atoms with Gasteiger partial charge in [0, 0.05) is 56.9 Å². The first-order valence-corrected chi connectivity index (χ1v) is 9.73. The highest BCUT2D eigenvalue weighted by molar-refractivity contribution is 5.92. The van der Waals surface area contributed by atoms with Crippen molar-refractivity contribution in [2.24, 2.45) is 0 Å².